The lowest BCUT2D eigenvalue weighted by atomic mass is 10.0. The van der Waals surface area contributed by atoms with Gasteiger partial charge in [0.25, 0.3) is 0 Å². The van der Waals surface area contributed by atoms with Crippen LogP contribution in [0.3, 0.4) is 0 Å². The van der Waals surface area contributed by atoms with Gasteiger partial charge in [-0.15, -0.1) is 0 Å². The van der Waals surface area contributed by atoms with Crippen LogP contribution in [-0.2, 0) is 11.8 Å². The van der Waals surface area contributed by atoms with Crippen molar-refractivity contribution in [2.45, 2.75) is 31.2 Å². The van der Waals surface area contributed by atoms with Gasteiger partial charge in [0.05, 0.1) is 0 Å². The van der Waals surface area contributed by atoms with E-state index >= 15 is 0 Å². The summed E-state index contributed by atoms with van der Waals surface area (Å²) in [6, 6.07) is 12.1. The standard InChI is InChI=1S/C17H16Br2O2/c1-17(2)9-11-4-3-5-14(16(11)21-17)20-15-8-13(19)7-6-12(15)10-18/h3-8H,9-10H2,1-2H3. The number of alkyl halides is 1. The van der Waals surface area contributed by atoms with E-state index in [-0.39, 0.29) is 5.60 Å². The molecule has 2 aromatic rings. The zero-order valence-electron chi connectivity index (χ0n) is 12.0. The third-order valence-corrected chi connectivity index (χ3v) is 4.55. The molecule has 1 aliphatic heterocycles. The van der Waals surface area contributed by atoms with Gasteiger partial charge in [0.1, 0.15) is 11.4 Å². The van der Waals surface area contributed by atoms with Gasteiger partial charge in [0.15, 0.2) is 11.5 Å². The Kier molecular flexibility index (Phi) is 4.02. The minimum absolute atomic E-state index is 0.169. The molecule has 4 heteroatoms. The lowest BCUT2D eigenvalue weighted by Crippen LogP contribution is -2.24. The lowest BCUT2D eigenvalue weighted by molar-refractivity contribution is 0.135. The number of hydrogen-bond donors (Lipinski definition) is 0. The summed E-state index contributed by atoms with van der Waals surface area (Å²) in [6.07, 6.45) is 0.906. The molecule has 3 rings (SSSR count). The summed E-state index contributed by atoms with van der Waals surface area (Å²) in [6.45, 7) is 4.19. The fourth-order valence-electron chi connectivity index (χ4n) is 2.52. The zero-order valence-corrected chi connectivity index (χ0v) is 15.1. The van der Waals surface area contributed by atoms with Crippen molar-refractivity contribution in [1.29, 1.82) is 0 Å². The van der Waals surface area contributed by atoms with Crippen molar-refractivity contribution in [3.8, 4) is 17.2 Å². The molecule has 1 aliphatic rings. The van der Waals surface area contributed by atoms with Crippen LogP contribution in [0.25, 0.3) is 0 Å². The van der Waals surface area contributed by atoms with E-state index in [9.17, 15) is 0 Å². The van der Waals surface area contributed by atoms with Gasteiger partial charge in [-0.05, 0) is 32.0 Å². The molecule has 0 unspecified atom stereocenters. The van der Waals surface area contributed by atoms with Crippen molar-refractivity contribution in [2.75, 3.05) is 0 Å². The molecule has 0 atom stereocenters. The van der Waals surface area contributed by atoms with Crippen LogP contribution in [0.15, 0.2) is 40.9 Å². The lowest BCUT2D eigenvalue weighted by Gasteiger charge is -2.18. The summed E-state index contributed by atoms with van der Waals surface area (Å²) in [5.41, 5.74) is 2.14. The molecule has 110 valence electrons. The maximum absolute atomic E-state index is 6.13. The second-order valence-electron chi connectivity index (χ2n) is 5.77. The van der Waals surface area contributed by atoms with Gasteiger partial charge in [-0.3, -0.25) is 0 Å². The summed E-state index contributed by atoms with van der Waals surface area (Å²) in [7, 11) is 0. The SMILES string of the molecule is CC1(C)Cc2cccc(Oc3cc(Br)ccc3CBr)c2O1. The first-order valence-corrected chi connectivity index (χ1v) is 8.73. The average molecular weight is 412 g/mol. The van der Waals surface area contributed by atoms with Gasteiger partial charge in [-0.25, -0.2) is 0 Å². The monoisotopic (exact) mass is 410 g/mol. The van der Waals surface area contributed by atoms with E-state index in [1.54, 1.807) is 0 Å². The van der Waals surface area contributed by atoms with Gasteiger partial charge < -0.3 is 9.47 Å². The summed E-state index contributed by atoms with van der Waals surface area (Å²) in [5.74, 6) is 2.48. The number of hydrogen-bond acceptors (Lipinski definition) is 2. The van der Waals surface area contributed by atoms with Gasteiger partial charge in [0, 0.05) is 27.4 Å². The maximum Gasteiger partial charge on any atom is 0.169 e. The highest BCUT2D eigenvalue weighted by Crippen LogP contribution is 2.44. The van der Waals surface area contributed by atoms with E-state index in [1.165, 1.54) is 5.56 Å². The largest absolute Gasteiger partial charge is 0.483 e. The van der Waals surface area contributed by atoms with Gasteiger partial charge >= 0.3 is 0 Å². The highest BCUT2D eigenvalue weighted by Gasteiger charge is 2.32. The molecule has 0 radical (unpaired) electrons. The van der Waals surface area contributed by atoms with Crippen molar-refractivity contribution in [1.82, 2.24) is 0 Å². The van der Waals surface area contributed by atoms with Crippen LogP contribution < -0.4 is 9.47 Å². The average Bonchev–Trinajstić information content (AvgIpc) is 2.74. The minimum Gasteiger partial charge on any atom is -0.483 e. The van der Waals surface area contributed by atoms with E-state index in [0.29, 0.717) is 0 Å². The van der Waals surface area contributed by atoms with E-state index in [2.05, 4.69) is 51.8 Å². The molecule has 2 aromatic carbocycles. The molecule has 0 amide bonds. The van der Waals surface area contributed by atoms with Crippen LogP contribution >= 0.6 is 31.9 Å². The second kappa shape index (κ2) is 5.65. The number of fused-ring (bicyclic) bond motifs is 1. The van der Waals surface area contributed by atoms with E-state index in [1.807, 2.05) is 30.3 Å². The molecule has 0 spiro atoms. The van der Waals surface area contributed by atoms with Crippen molar-refractivity contribution < 1.29 is 9.47 Å². The van der Waals surface area contributed by atoms with Gasteiger partial charge in [0.2, 0.25) is 0 Å². The summed E-state index contributed by atoms with van der Waals surface area (Å²) >= 11 is 6.99. The third-order valence-electron chi connectivity index (χ3n) is 3.45. The zero-order chi connectivity index (χ0) is 15.0. The smallest absolute Gasteiger partial charge is 0.169 e. The molecule has 2 nitrogen and oxygen atoms in total. The Morgan fingerprint density at radius 1 is 1.19 bits per heavy atom. The van der Waals surface area contributed by atoms with E-state index < -0.39 is 0 Å². The number of ether oxygens (including phenoxy) is 2. The van der Waals surface area contributed by atoms with Gasteiger partial charge in [-0.1, -0.05) is 50.1 Å². The molecule has 0 saturated heterocycles. The number of rotatable bonds is 3. The number of benzene rings is 2. The number of para-hydroxylation sites is 1. The van der Waals surface area contributed by atoms with E-state index in [0.717, 1.165) is 39.0 Å². The molecule has 0 fully saturated rings. The predicted octanol–water partition coefficient (Wildman–Crippen LogP) is 5.85. The van der Waals surface area contributed by atoms with Crippen LogP contribution in [0.1, 0.15) is 25.0 Å². The highest BCUT2D eigenvalue weighted by atomic mass is 79.9. The molecule has 0 aromatic heterocycles. The number of halogens is 2. The Balaban J connectivity index is 1.98. The summed E-state index contributed by atoms with van der Waals surface area (Å²) in [4.78, 5) is 0. The Bertz CT molecular complexity index is 680. The minimum atomic E-state index is -0.169. The predicted molar refractivity (Wildman–Crippen MR) is 91.7 cm³/mol. The summed E-state index contributed by atoms with van der Waals surface area (Å²) < 4.78 is 13.2. The molecule has 0 N–H and O–H groups in total. The van der Waals surface area contributed by atoms with Crippen LogP contribution in [0, 0.1) is 0 Å². The van der Waals surface area contributed by atoms with Crippen molar-refractivity contribution in [3.63, 3.8) is 0 Å². The molecule has 0 saturated carbocycles. The maximum atomic E-state index is 6.13. The highest BCUT2D eigenvalue weighted by molar-refractivity contribution is 9.10. The second-order valence-corrected chi connectivity index (χ2v) is 7.25. The fourth-order valence-corrected chi connectivity index (χ4v) is 3.32. The van der Waals surface area contributed by atoms with E-state index in [4.69, 9.17) is 9.47 Å². The molecule has 0 bridgehead atoms. The molecule has 21 heavy (non-hydrogen) atoms. The molecular formula is C17H16Br2O2. The Labute approximate surface area is 141 Å². The van der Waals surface area contributed by atoms with Crippen LogP contribution in [0.2, 0.25) is 0 Å². The Morgan fingerprint density at radius 2 is 2.00 bits per heavy atom. The Morgan fingerprint density at radius 3 is 2.76 bits per heavy atom. The molecule has 0 aliphatic carbocycles. The van der Waals surface area contributed by atoms with Crippen molar-refractivity contribution in [3.05, 3.63) is 52.0 Å². The first-order chi connectivity index (χ1) is 9.98. The summed E-state index contributed by atoms with van der Waals surface area (Å²) in [5, 5.41) is 0.747. The molecule has 1 heterocycles. The topological polar surface area (TPSA) is 18.5 Å². The van der Waals surface area contributed by atoms with Crippen molar-refractivity contribution in [2.24, 2.45) is 0 Å². The third kappa shape index (κ3) is 3.11. The van der Waals surface area contributed by atoms with Crippen LogP contribution in [0.4, 0.5) is 0 Å². The fraction of sp³-hybridized carbons (Fsp3) is 0.294. The van der Waals surface area contributed by atoms with Crippen molar-refractivity contribution >= 4 is 31.9 Å². The first-order valence-electron chi connectivity index (χ1n) is 6.82. The van der Waals surface area contributed by atoms with Crippen LogP contribution in [0.5, 0.6) is 17.2 Å². The Hall–Kier alpha value is -1.00. The molecular weight excluding hydrogens is 396 g/mol. The normalized spacial score (nSPS) is 15.4. The van der Waals surface area contributed by atoms with Crippen LogP contribution in [-0.4, -0.2) is 5.60 Å². The quantitative estimate of drug-likeness (QED) is 0.589. The first kappa shape index (κ1) is 14.9. The van der Waals surface area contributed by atoms with Gasteiger partial charge in [-0.2, -0.15) is 0 Å².